The van der Waals surface area contributed by atoms with Gasteiger partial charge >= 0.3 is 0 Å². The van der Waals surface area contributed by atoms with Crippen molar-refractivity contribution in [1.82, 2.24) is 0 Å². The predicted octanol–water partition coefficient (Wildman–Crippen LogP) is 4.30. The Balaban J connectivity index is 2.19. The van der Waals surface area contributed by atoms with Gasteiger partial charge < -0.3 is 10.2 Å². The van der Waals surface area contributed by atoms with Crippen molar-refractivity contribution < 1.29 is 4.42 Å². The summed E-state index contributed by atoms with van der Waals surface area (Å²) >= 11 is 0. The molecule has 0 unspecified atom stereocenters. The van der Waals surface area contributed by atoms with Crippen LogP contribution in [0.1, 0.15) is 11.1 Å². The molecule has 0 spiro atoms. The van der Waals surface area contributed by atoms with E-state index < -0.39 is 0 Å². The lowest BCUT2D eigenvalue weighted by atomic mass is 10.1. The largest absolute Gasteiger partial charge is 0.456 e. The molecule has 1 aromatic heterocycles. The molecule has 0 bridgehead atoms. The van der Waals surface area contributed by atoms with Crippen LogP contribution < -0.4 is 5.73 Å². The van der Waals surface area contributed by atoms with Crippen molar-refractivity contribution in [2.45, 2.75) is 13.8 Å². The van der Waals surface area contributed by atoms with Gasteiger partial charge in [-0.05, 0) is 37.1 Å². The van der Waals surface area contributed by atoms with E-state index in [1.807, 2.05) is 31.2 Å². The summed E-state index contributed by atoms with van der Waals surface area (Å²) in [6.07, 6.45) is 0. The van der Waals surface area contributed by atoms with Crippen molar-refractivity contribution >= 4 is 16.7 Å². The number of fused-ring (bicyclic) bond motifs is 1. The van der Waals surface area contributed by atoms with Gasteiger partial charge in [0.15, 0.2) is 0 Å². The number of nitrogen functional groups attached to an aromatic ring is 1. The lowest BCUT2D eigenvalue weighted by Gasteiger charge is -2.02. The Hall–Kier alpha value is -2.22. The maximum atomic E-state index is 5.94. The summed E-state index contributed by atoms with van der Waals surface area (Å²) in [6.45, 7) is 4.06. The molecule has 2 N–H and O–H groups in total. The average Bonchev–Trinajstić information content (AvgIpc) is 2.78. The van der Waals surface area contributed by atoms with Crippen LogP contribution in [0.25, 0.3) is 22.3 Å². The summed E-state index contributed by atoms with van der Waals surface area (Å²) in [7, 11) is 0. The number of nitrogens with two attached hydrogens (primary N) is 1. The van der Waals surface area contributed by atoms with Gasteiger partial charge in [-0.15, -0.1) is 0 Å². The highest BCUT2D eigenvalue weighted by Gasteiger charge is 2.08. The first-order valence-electron chi connectivity index (χ1n) is 6.01. The van der Waals surface area contributed by atoms with E-state index in [0.717, 1.165) is 39.1 Å². The van der Waals surface area contributed by atoms with E-state index in [1.54, 1.807) is 0 Å². The Morgan fingerprint density at radius 1 is 0.944 bits per heavy atom. The number of hydrogen-bond acceptors (Lipinski definition) is 2. The molecule has 0 fully saturated rings. The summed E-state index contributed by atoms with van der Waals surface area (Å²) in [5.41, 5.74) is 10.9. The molecule has 3 rings (SSSR count). The van der Waals surface area contributed by atoms with Crippen LogP contribution in [0, 0.1) is 13.8 Å². The van der Waals surface area contributed by atoms with Gasteiger partial charge in [-0.3, -0.25) is 0 Å². The third kappa shape index (κ3) is 1.66. The monoisotopic (exact) mass is 237 g/mol. The zero-order valence-corrected chi connectivity index (χ0v) is 10.5. The highest BCUT2D eigenvalue weighted by molar-refractivity contribution is 5.85. The normalized spacial score (nSPS) is 11.0. The number of benzene rings is 2. The van der Waals surface area contributed by atoms with Crippen LogP contribution in [0.4, 0.5) is 5.69 Å². The van der Waals surface area contributed by atoms with Gasteiger partial charge in [0.1, 0.15) is 11.3 Å². The smallest absolute Gasteiger partial charge is 0.137 e. The molecule has 0 radical (unpaired) electrons. The Morgan fingerprint density at radius 3 is 2.50 bits per heavy atom. The molecule has 0 aliphatic heterocycles. The van der Waals surface area contributed by atoms with Crippen molar-refractivity contribution in [3.63, 3.8) is 0 Å². The van der Waals surface area contributed by atoms with E-state index in [-0.39, 0.29) is 0 Å². The number of furan rings is 1. The SMILES string of the molecule is Cc1ccc(-c2cc3cccc(C)c3o2)cc1N. The molecule has 1 heterocycles. The van der Waals surface area contributed by atoms with Crippen molar-refractivity contribution in [3.8, 4) is 11.3 Å². The zero-order chi connectivity index (χ0) is 12.7. The first kappa shape index (κ1) is 10.9. The third-order valence-corrected chi connectivity index (χ3v) is 3.30. The molecule has 0 atom stereocenters. The number of hydrogen-bond donors (Lipinski definition) is 1. The maximum absolute atomic E-state index is 5.94. The first-order valence-corrected chi connectivity index (χ1v) is 6.01. The topological polar surface area (TPSA) is 39.2 Å². The molecule has 2 heteroatoms. The third-order valence-electron chi connectivity index (χ3n) is 3.30. The molecule has 0 aliphatic carbocycles. The minimum absolute atomic E-state index is 0.796. The maximum Gasteiger partial charge on any atom is 0.137 e. The van der Waals surface area contributed by atoms with Crippen LogP contribution in [0.5, 0.6) is 0 Å². The second-order valence-electron chi connectivity index (χ2n) is 4.68. The second-order valence-corrected chi connectivity index (χ2v) is 4.68. The molecular weight excluding hydrogens is 222 g/mol. The van der Waals surface area contributed by atoms with E-state index in [9.17, 15) is 0 Å². The summed E-state index contributed by atoms with van der Waals surface area (Å²) in [5, 5.41) is 1.13. The Bertz CT molecular complexity index is 725. The van der Waals surface area contributed by atoms with E-state index in [4.69, 9.17) is 10.2 Å². The Kier molecular flexibility index (Phi) is 2.37. The predicted molar refractivity (Wildman–Crippen MR) is 75.5 cm³/mol. The number of para-hydroxylation sites is 1. The highest BCUT2D eigenvalue weighted by atomic mass is 16.3. The number of anilines is 1. The fraction of sp³-hybridized carbons (Fsp3) is 0.125. The molecule has 90 valence electrons. The summed E-state index contributed by atoms with van der Waals surface area (Å²) in [5.74, 6) is 0.867. The van der Waals surface area contributed by atoms with Crippen LogP contribution in [-0.4, -0.2) is 0 Å². The summed E-state index contributed by atoms with van der Waals surface area (Å²) in [4.78, 5) is 0. The van der Waals surface area contributed by atoms with Crippen molar-refractivity contribution in [2.24, 2.45) is 0 Å². The van der Waals surface area contributed by atoms with Crippen LogP contribution in [0.2, 0.25) is 0 Å². The minimum atomic E-state index is 0.796. The van der Waals surface area contributed by atoms with Gasteiger partial charge in [0.25, 0.3) is 0 Å². The summed E-state index contributed by atoms with van der Waals surface area (Å²) < 4.78 is 5.92. The average molecular weight is 237 g/mol. The van der Waals surface area contributed by atoms with Gasteiger partial charge in [-0.25, -0.2) is 0 Å². The van der Waals surface area contributed by atoms with Crippen LogP contribution >= 0.6 is 0 Å². The summed E-state index contributed by atoms with van der Waals surface area (Å²) in [6, 6.07) is 14.2. The van der Waals surface area contributed by atoms with Gasteiger partial charge in [0.2, 0.25) is 0 Å². The van der Waals surface area contributed by atoms with E-state index in [0.29, 0.717) is 0 Å². The van der Waals surface area contributed by atoms with E-state index in [2.05, 4.69) is 25.1 Å². The molecule has 0 aliphatic rings. The quantitative estimate of drug-likeness (QED) is 0.641. The standard InChI is InChI=1S/C16H15NO/c1-10-6-7-12(8-14(10)17)15-9-13-5-3-4-11(2)16(13)18-15/h3-9H,17H2,1-2H3. The Labute approximate surface area is 106 Å². The number of rotatable bonds is 1. The molecule has 2 aromatic carbocycles. The highest BCUT2D eigenvalue weighted by Crippen LogP contribution is 2.31. The molecule has 0 amide bonds. The lowest BCUT2D eigenvalue weighted by Crippen LogP contribution is -1.89. The first-order chi connectivity index (χ1) is 8.65. The zero-order valence-electron chi connectivity index (χ0n) is 10.5. The van der Waals surface area contributed by atoms with Crippen molar-refractivity contribution in [2.75, 3.05) is 5.73 Å². The molecule has 3 aromatic rings. The van der Waals surface area contributed by atoms with E-state index in [1.165, 1.54) is 0 Å². The lowest BCUT2D eigenvalue weighted by molar-refractivity contribution is 0.629. The van der Waals surface area contributed by atoms with Gasteiger partial charge in [0, 0.05) is 16.6 Å². The molecule has 0 saturated carbocycles. The molecule has 18 heavy (non-hydrogen) atoms. The van der Waals surface area contributed by atoms with Crippen LogP contribution in [0.15, 0.2) is 46.9 Å². The fourth-order valence-electron chi connectivity index (χ4n) is 2.14. The van der Waals surface area contributed by atoms with Crippen molar-refractivity contribution in [3.05, 3.63) is 53.6 Å². The van der Waals surface area contributed by atoms with Crippen LogP contribution in [-0.2, 0) is 0 Å². The molecular formula is C16H15NO. The fourth-order valence-corrected chi connectivity index (χ4v) is 2.14. The van der Waals surface area contributed by atoms with E-state index >= 15 is 0 Å². The van der Waals surface area contributed by atoms with Gasteiger partial charge in [-0.2, -0.15) is 0 Å². The minimum Gasteiger partial charge on any atom is -0.456 e. The van der Waals surface area contributed by atoms with Crippen molar-refractivity contribution in [1.29, 1.82) is 0 Å². The molecule has 2 nitrogen and oxygen atoms in total. The molecule has 0 saturated heterocycles. The number of aryl methyl sites for hydroxylation is 2. The Morgan fingerprint density at radius 2 is 1.78 bits per heavy atom. The van der Waals surface area contributed by atoms with Gasteiger partial charge in [-0.1, -0.05) is 30.3 Å². The van der Waals surface area contributed by atoms with Crippen LogP contribution in [0.3, 0.4) is 0 Å². The second kappa shape index (κ2) is 3.91. The van der Waals surface area contributed by atoms with Gasteiger partial charge in [0.05, 0.1) is 0 Å².